The van der Waals surface area contributed by atoms with E-state index in [0.29, 0.717) is 12.1 Å². The fourth-order valence-electron chi connectivity index (χ4n) is 2.36. The third-order valence-corrected chi connectivity index (χ3v) is 3.80. The summed E-state index contributed by atoms with van der Waals surface area (Å²) in [4.78, 5) is 28.8. The molecule has 0 aliphatic heterocycles. The van der Waals surface area contributed by atoms with Gasteiger partial charge in [0.1, 0.15) is 0 Å². The number of aromatic nitrogens is 2. The Labute approximate surface area is 127 Å². The highest BCUT2D eigenvalue weighted by Gasteiger charge is 2.07. The Balaban J connectivity index is 1.73. The summed E-state index contributed by atoms with van der Waals surface area (Å²) < 4.78 is 0. The summed E-state index contributed by atoms with van der Waals surface area (Å²) in [6, 6.07) is 11.2. The second-order valence-corrected chi connectivity index (χ2v) is 5.44. The first-order chi connectivity index (χ1) is 10.5. The minimum absolute atomic E-state index is 0.106. The van der Waals surface area contributed by atoms with Crippen molar-refractivity contribution in [1.82, 2.24) is 15.3 Å². The van der Waals surface area contributed by atoms with Crippen LogP contribution in [0.3, 0.4) is 0 Å². The normalized spacial score (nSPS) is 10.8. The van der Waals surface area contributed by atoms with Crippen LogP contribution in [0.1, 0.15) is 27.0 Å². The van der Waals surface area contributed by atoms with Crippen LogP contribution in [0.4, 0.5) is 0 Å². The predicted octanol–water partition coefficient (Wildman–Crippen LogP) is 2.40. The number of imidazole rings is 1. The standard InChI is InChI=1S/C17H17N3O2/c1-10-3-5-13(7-11(10)2)16(21)18-9-12-4-6-14-15(8-12)20-17(22)19-14/h3-8H,9H2,1-2H3,(H,18,21)(H2,19,20,22). The van der Waals surface area contributed by atoms with Gasteiger partial charge in [-0.3, -0.25) is 4.79 Å². The summed E-state index contributed by atoms with van der Waals surface area (Å²) in [6.45, 7) is 4.42. The summed E-state index contributed by atoms with van der Waals surface area (Å²) in [7, 11) is 0. The average molecular weight is 295 g/mol. The Morgan fingerprint density at radius 3 is 2.55 bits per heavy atom. The third-order valence-electron chi connectivity index (χ3n) is 3.80. The molecule has 0 aliphatic rings. The van der Waals surface area contributed by atoms with Crippen molar-refractivity contribution >= 4 is 16.9 Å². The van der Waals surface area contributed by atoms with E-state index in [4.69, 9.17) is 0 Å². The number of aryl methyl sites for hydroxylation is 2. The number of carbonyl (C=O) groups is 1. The van der Waals surface area contributed by atoms with Gasteiger partial charge in [-0.15, -0.1) is 0 Å². The molecule has 1 heterocycles. The number of amides is 1. The molecule has 3 N–H and O–H groups in total. The lowest BCUT2D eigenvalue weighted by atomic mass is 10.1. The SMILES string of the molecule is Cc1ccc(C(=O)NCc2ccc3[nH]c(=O)[nH]c3c2)cc1C. The van der Waals surface area contributed by atoms with Crippen LogP contribution in [0.25, 0.3) is 11.0 Å². The monoisotopic (exact) mass is 295 g/mol. The highest BCUT2D eigenvalue weighted by molar-refractivity contribution is 5.94. The minimum Gasteiger partial charge on any atom is -0.348 e. The molecule has 5 nitrogen and oxygen atoms in total. The lowest BCUT2D eigenvalue weighted by Gasteiger charge is -2.07. The van der Waals surface area contributed by atoms with E-state index >= 15 is 0 Å². The van der Waals surface area contributed by atoms with Gasteiger partial charge in [0.15, 0.2) is 0 Å². The molecule has 0 aliphatic carbocycles. The van der Waals surface area contributed by atoms with Crippen LogP contribution in [0, 0.1) is 13.8 Å². The number of nitrogens with one attached hydrogen (secondary N) is 3. The number of hydrogen-bond acceptors (Lipinski definition) is 2. The van der Waals surface area contributed by atoms with Crippen LogP contribution in [0.2, 0.25) is 0 Å². The van der Waals surface area contributed by atoms with E-state index in [1.807, 2.05) is 50.2 Å². The van der Waals surface area contributed by atoms with E-state index in [1.165, 1.54) is 5.56 Å². The van der Waals surface area contributed by atoms with Crippen LogP contribution in [-0.4, -0.2) is 15.9 Å². The number of hydrogen-bond donors (Lipinski definition) is 3. The fourth-order valence-corrected chi connectivity index (χ4v) is 2.36. The number of aromatic amines is 2. The Morgan fingerprint density at radius 2 is 1.77 bits per heavy atom. The van der Waals surface area contributed by atoms with Gasteiger partial charge in [-0.25, -0.2) is 4.79 Å². The van der Waals surface area contributed by atoms with Gasteiger partial charge < -0.3 is 15.3 Å². The third kappa shape index (κ3) is 2.79. The Morgan fingerprint density at radius 1 is 1.00 bits per heavy atom. The lowest BCUT2D eigenvalue weighted by molar-refractivity contribution is 0.0951. The van der Waals surface area contributed by atoms with Gasteiger partial charge in [-0.05, 0) is 54.8 Å². The highest BCUT2D eigenvalue weighted by atomic mass is 16.1. The van der Waals surface area contributed by atoms with Crippen molar-refractivity contribution in [2.75, 3.05) is 0 Å². The number of benzene rings is 2. The number of H-pyrrole nitrogens is 2. The van der Waals surface area contributed by atoms with Crippen molar-refractivity contribution in [3.63, 3.8) is 0 Å². The second-order valence-electron chi connectivity index (χ2n) is 5.44. The molecule has 0 bridgehead atoms. The molecule has 5 heteroatoms. The van der Waals surface area contributed by atoms with E-state index in [2.05, 4.69) is 15.3 Å². The van der Waals surface area contributed by atoms with Crippen LogP contribution < -0.4 is 11.0 Å². The molecule has 0 radical (unpaired) electrons. The van der Waals surface area contributed by atoms with E-state index < -0.39 is 0 Å². The molecular formula is C17H17N3O2. The molecule has 1 aromatic heterocycles. The summed E-state index contributed by atoms with van der Waals surface area (Å²) in [5, 5.41) is 2.89. The van der Waals surface area contributed by atoms with E-state index in [1.54, 1.807) is 0 Å². The molecule has 3 aromatic rings. The fraction of sp³-hybridized carbons (Fsp3) is 0.176. The van der Waals surface area contributed by atoms with Gasteiger partial charge >= 0.3 is 5.69 Å². The Kier molecular flexibility index (Phi) is 3.55. The minimum atomic E-state index is -0.230. The molecule has 0 atom stereocenters. The van der Waals surface area contributed by atoms with Crippen LogP contribution in [0.15, 0.2) is 41.2 Å². The molecule has 1 amide bonds. The van der Waals surface area contributed by atoms with Gasteiger partial charge in [-0.2, -0.15) is 0 Å². The zero-order valence-electron chi connectivity index (χ0n) is 12.5. The summed E-state index contributed by atoms with van der Waals surface area (Å²) in [5.74, 6) is -0.106. The number of rotatable bonds is 3. The molecule has 0 fully saturated rings. The van der Waals surface area contributed by atoms with Gasteiger partial charge in [0.05, 0.1) is 11.0 Å². The number of carbonyl (C=O) groups excluding carboxylic acids is 1. The quantitative estimate of drug-likeness (QED) is 0.694. The zero-order chi connectivity index (χ0) is 15.7. The first-order valence-corrected chi connectivity index (χ1v) is 7.09. The van der Waals surface area contributed by atoms with Gasteiger partial charge in [0.25, 0.3) is 5.91 Å². The van der Waals surface area contributed by atoms with Crippen molar-refractivity contribution in [2.24, 2.45) is 0 Å². The van der Waals surface area contributed by atoms with Crippen molar-refractivity contribution in [1.29, 1.82) is 0 Å². The summed E-state index contributed by atoms with van der Waals surface area (Å²) in [5.41, 5.74) is 5.11. The van der Waals surface area contributed by atoms with Crippen LogP contribution in [0.5, 0.6) is 0 Å². The van der Waals surface area contributed by atoms with Gasteiger partial charge in [0, 0.05) is 12.1 Å². The largest absolute Gasteiger partial charge is 0.348 e. The second kappa shape index (κ2) is 5.52. The predicted molar refractivity (Wildman–Crippen MR) is 86.0 cm³/mol. The average Bonchev–Trinajstić information content (AvgIpc) is 2.86. The van der Waals surface area contributed by atoms with Crippen molar-refractivity contribution in [3.8, 4) is 0 Å². The number of fused-ring (bicyclic) bond motifs is 1. The van der Waals surface area contributed by atoms with E-state index in [-0.39, 0.29) is 11.6 Å². The van der Waals surface area contributed by atoms with Gasteiger partial charge in [-0.1, -0.05) is 12.1 Å². The molecular weight excluding hydrogens is 278 g/mol. The summed E-state index contributed by atoms with van der Waals surface area (Å²) >= 11 is 0. The maximum absolute atomic E-state index is 12.2. The molecule has 0 unspecified atom stereocenters. The Hall–Kier alpha value is -2.82. The van der Waals surface area contributed by atoms with Crippen LogP contribution >= 0.6 is 0 Å². The molecule has 22 heavy (non-hydrogen) atoms. The molecule has 3 rings (SSSR count). The van der Waals surface area contributed by atoms with Gasteiger partial charge in [0.2, 0.25) is 0 Å². The summed E-state index contributed by atoms with van der Waals surface area (Å²) in [6.07, 6.45) is 0. The zero-order valence-corrected chi connectivity index (χ0v) is 12.5. The van der Waals surface area contributed by atoms with Crippen molar-refractivity contribution in [3.05, 3.63) is 69.1 Å². The van der Waals surface area contributed by atoms with Crippen molar-refractivity contribution in [2.45, 2.75) is 20.4 Å². The maximum atomic E-state index is 12.2. The van der Waals surface area contributed by atoms with E-state index in [9.17, 15) is 9.59 Å². The smallest absolute Gasteiger partial charge is 0.323 e. The first-order valence-electron chi connectivity index (χ1n) is 7.09. The molecule has 0 saturated heterocycles. The van der Waals surface area contributed by atoms with Crippen LogP contribution in [-0.2, 0) is 6.54 Å². The molecule has 0 spiro atoms. The molecule has 2 aromatic carbocycles. The first kappa shape index (κ1) is 14.1. The molecule has 0 saturated carbocycles. The lowest BCUT2D eigenvalue weighted by Crippen LogP contribution is -2.22. The molecule has 112 valence electrons. The maximum Gasteiger partial charge on any atom is 0.323 e. The van der Waals surface area contributed by atoms with Crippen molar-refractivity contribution < 1.29 is 4.79 Å². The highest BCUT2D eigenvalue weighted by Crippen LogP contribution is 2.12. The van der Waals surface area contributed by atoms with E-state index in [0.717, 1.165) is 22.2 Å². The topological polar surface area (TPSA) is 77.8 Å². The Bertz CT molecular complexity index is 906.